The second kappa shape index (κ2) is 6.62. The molecule has 1 N–H and O–H groups in total. The lowest BCUT2D eigenvalue weighted by molar-refractivity contribution is 0.0910. The van der Waals surface area contributed by atoms with E-state index in [1.807, 2.05) is 0 Å². The maximum Gasteiger partial charge on any atom is 0.261 e. The number of nitrogens with one attached hydrogen (secondary N) is 1. The third-order valence-electron chi connectivity index (χ3n) is 5.76. The van der Waals surface area contributed by atoms with Crippen LogP contribution in [0.15, 0.2) is 23.0 Å². The first-order chi connectivity index (χ1) is 12.1. The summed E-state index contributed by atoms with van der Waals surface area (Å²) in [5, 5.41) is 3.78. The van der Waals surface area contributed by atoms with Crippen molar-refractivity contribution in [3.05, 3.63) is 39.9 Å². The molecule has 5 heteroatoms. The van der Waals surface area contributed by atoms with Crippen LogP contribution in [0.1, 0.15) is 61.6 Å². The molecule has 132 valence electrons. The number of carbonyl (C=O) groups is 1. The average molecular weight is 339 g/mol. The fourth-order valence-corrected chi connectivity index (χ4v) is 4.17. The second-order valence-corrected chi connectivity index (χ2v) is 7.52. The monoisotopic (exact) mass is 339 g/mol. The predicted molar refractivity (Wildman–Crippen MR) is 97.8 cm³/mol. The number of aromatic nitrogens is 2. The Balaban J connectivity index is 1.64. The van der Waals surface area contributed by atoms with Crippen LogP contribution in [0, 0.1) is 5.92 Å². The minimum absolute atomic E-state index is 0.0209. The van der Waals surface area contributed by atoms with Crippen LogP contribution in [0.25, 0.3) is 10.9 Å². The van der Waals surface area contributed by atoms with E-state index >= 15 is 0 Å². The third-order valence-corrected chi connectivity index (χ3v) is 5.76. The van der Waals surface area contributed by atoms with Crippen molar-refractivity contribution in [2.24, 2.45) is 5.92 Å². The summed E-state index contributed by atoms with van der Waals surface area (Å²) in [5.41, 5.74) is 1.26. The summed E-state index contributed by atoms with van der Waals surface area (Å²) in [7, 11) is 0. The number of fused-ring (bicyclic) bond motifs is 2. The van der Waals surface area contributed by atoms with E-state index in [-0.39, 0.29) is 17.5 Å². The number of carbonyl (C=O) groups excluding carboxylic acids is 1. The Hall–Kier alpha value is -2.17. The van der Waals surface area contributed by atoms with Crippen LogP contribution in [0.4, 0.5) is 0 Å². The standard InChI is InChI=1S/C20H25N3O2/c1-13-6-2-3-7-16(13)22-19(24)14-9-10-15-17(12-14)21-18-8-4-5-11-23(18)20(15)25/h9-10,12-13,16H,2-8,11H2,1H3,(H,22,24). The van der Waals surface area contributed by atoms with Gasteiger partial charge in [-0.25, -0.2) is 4.98 Å². The molecule has 1 aliphatic heterocycles. The zero-order valence-corrected chi connectivity index (χ0v) is 14.8. The van der Waals surface area contributed by atoms with Gasteiger partial charge in [0, 0.05) is 24.6 Å². The number of rotatable bonds is 2. The molecule has 1 aromatic heterocycles. The van der Waals surface area contributed by atoms with E-state index in [0.717, 1.165) is 38.1 Å². The number of hydrogen-bond donors (Lipinski definition) is 1. The summed E-state index contributed by atoms with van der Waals surface area (Å²) < 4.78 is 1.79. The van der Waals surface area contributed by atoms with Gasteiger partial charge in [-0.15, -0.1) is 0 Å². The zero-order valence-electron chi connectivity index (χ0n) is 14.8. The molecule has 1 amide bonds. The molecule has 1 fully saturated rings. The van der Waals surface area contributed by atoms with E-state index in [0.29, 0.717) is 22.4 Å². The van der Waals surface area contributed by atoms with Gasteiger partial charge in [0.1, 0.15) is 5.82 Å². The Morgan fingerprint density at radius 1 is 1.20 bits per heavy atom. The number of amides is 1. The first-order valence-corrected chi connectivity index (χ1v) is 9.48. The predicted octanol–water partition coefficient (Wildman–Crippen LogP) is 3.04. The first kappa shape index (κ1) is 16.3. The SMILES string of the molecule is CC1CCCCC1NC(=O)c1ccc2c(=O)n3c(nc2c1)CCCC3. The topological polar surface area (TPSA) is 64.0 Å². The van der Waals surface area contributed by atoms with Crippen molar-refractivity contribution in [3.63, 3.8) is 0 Å². The minimum atomic E-state index is -0.0553. The third kappa shape index (κ3) is 3.08. The molecule has 2 aliphatic rings. The summed E-state index contributed by atoms with van der Waals surface area (Å²) in [6.07, 6.45) is 7.58. The van der Waals surface area contributed by atoms with Crippen LogP contribution in [-0.4, -0.2) is 21.5 Å². The average Bonchev–Trinajstić information content (AvgIpc) is 2.63. The maximum absolute atomic E-state index is 12.7. The van der Waals surface area contributed by atoms with Crippen LogP contribution in [0.3, 0.4) is 0 Å². The molecular weight excluding hydrogens is 314 g/mol. The fraction of sp³-hybridized carbons (Fsp3) is 0.550. The van der Waals surface area contributed by atoms with Crippen molar-refractivity contribution in [2.45, 2.75) is 64.5 Å². The second-order valence-electron chi connectivity index (χ2n) is 7.52. The molecule has 1 saturated carbocycles. The van der Waals surface area contributed by atoms with Crippen molar-refractivity contribution in [1.29, 1.82) is 0 Å². The lowest BCUT2D eigenvalue weighted by Crippen LogP contribution is -2.41. The molecule has 1 aliphatic carbocycles. The van der Waals surface area contributed by atoms with Crippen LogP contribution in [0.2, 0.25) is 0 Å². The molecule has 0 spiro atoms. The van der Waals surface area contributed by atoms with Gasteiger partial charge in [-0.3, -0.25) is 14.2 Å². The van der Waals surface area contributed by atoms with Crippen LogP contribution in [0.5, 0.6) is 0 Å². The molecule has 0 saturated heterocycles. The van der Waals surface area contributed by atoms with E-state index in [2.05, 4.69) is 17.2 Å². The van der Waals surface area contributed by atoms with Gasteiger partial charge in [-0.05, 0) is 49.8 Å². The molecular formula is C20H25N3O2. The zero-order chi connectivity index (χ0) is 17.4. The van der Waals surface area contributed by atoms with E-state index < -0.39 is 0 Å². The number of benzene rings is 1. The Labute approximate surface area is 147 Å². The summed E-state index contributed by atoms with van der Waals surface area (Å²) in [4.78, 5) is 30.0. The van der Waals surface area contributed by atoms with Crippen LogP contribution < -0.4 is 10.9 Å². The maximum atomic E-state index is 12.7. The van der Waals surface area contributed by atoms with Crippen molar-refractivity contribution in [1.82, 2.24) is 14.9 Å². The van der Waals surface area contributed by atoms with E-state index in [9.17, 15) is 9.59 Å². The van der Waals surface area contributed by atoms with Gasteiger partial charge in [-0.2, -0.15) is 0 Å². The Morgan fingerprint density at radius 3 is 2.88 bits per heavy atom. The smallest absolute Gasteiger partial charge is 0.261 e. The fourth-order valence-electron chi connectivity index (χ4n) is 4.17. The largest absolute Gasteiger partial charge is 0.349 e. The van der Waals surface area contributed by atoms with Crippen molar-refractivity contribution < 1.29 is 4.79 Å². The van der Waals surface area contributed by atoms with Gasteiger partial charge >= 0.3 is 0 Å². The molecule has 0 radical (unpaired) electrons. The summed E-state index contributed by atoms with van der Waals surface area (Å²) in [5.74, 6) is 1.32. The van der Waals surface area contributed by atoms with Gasteiger partial charge in [0.15, 0.2) is 0 Å². The lowest BCUT2D eigenvalue weighted by atomic mass is 9.86. The van der Waals surface area contributed by atoms with Gasteiger partial charge < -0.3 is 5.32 Å². The Morgan fingerprint density at radius 2 is 2.04 bits per heavy atom. The minimum Gasteiger partial charge on any atom is -0.349 e. The molecule has 0 bridgehead atoms. The lowest BCUT2D eigenvalue weighted by Gasteiger charge is -2.29. The normalized spacial score (nSPS) is 23.2. The van der Waals surface area contributed by atoms with E-state index in [4.69, 9.17) is 0 Å². The summed E-state index contributed by atoms with van der Waals surface area (Å²) >= 11 is 0. The summed E-state index contributed by atoms with van der Waals surface area (Å²) in [6, 6.07) is 5.53. The van der Waals surface area contributed by atoms with Gasteiger partial charge in [0.25, 0.3) is 11.5 Å². The van der Waals surface area contributed by atoms with Gasteiger partial charge in [0.05, 0.1) is 10.9 Å². The van der Waals surface area contributed by atoms with Crippen molar-refractivity contribution in [3.8, 4) is 0 Å². The molecule has 2 heterocycles. The van der Waals surface area contributed by atoms with E-state index in [1.165, 1.54) is 19.3 Å². The highest BCUT2D eigenvalue weighted by Gasteiger charge is 2.23. The molecule has 2 unspecified atom stereocenters. The van der Waals surface area contributed by atoms with Gasteiger partial charge in [0.2, 0.25) is 0 Å². The van der Waals surface area contributed by atoms with Gasteiger partial charge in [-0.1, -0.05) is 19.8 Å². The van der Waals surface area contributed by atoms with Crippen LogP contribution >= 0.6 is 0 Å². The number of nitrogens with zero attached hydrogens (tertiary/aromatic N) is 2. The number of aryl methyl sites for hydroxylation is 1. The molecule has 5 nitrogen and oxygen atoms in total. The Kier molecular flexibility index (Phi) is 4.32. The molecule has 2 aromatic rings. The molecule has 4 rings (SSSR count). The quantitative estimate of drug-likeness (QED) is 0.915. The highest BCUT2D eigenvalue weighted by Crippen LogP contribution is 2.24. The van der Waals surface area contributed by atoms with Crippen molar-refractivity contribution >= 4 is 16.8 Å². The van der Waals surface area contributed by atoms with E-state index in [1.54, 1.807) is 22.8 Å². The molecule has 1 aromatic carbocycles. The van der Waals surface area contributed by atoms with Crippen LogP contribution in [-0.2, 0) is 13.0 Å². The van der Waals surface area contributed by atoms with Crippen molar-refractivity contribution in [2.75, 3.05) is 0 Å². The molecule has 25 heavy (non-hydrogen) atoms. The highest BCUT2D eigenvalue weighted by atomic mass is 16.1. The number of hydrogen-bond acceptors (Lipinski definition) is 3. The Bertz CT molecular complexity index is 871. The first-order valence-electron chi connectivity index (χ1n) is 9.48. The highest BCUT2D eigenvalue weighted by molar-refractivity contribution is 5.97. The molecule has 2 atom stereocenters. The summed E-state index contributed by atoms with van der Waals surface area (Å²) in [6.45, 7) is 2.96.